The van der Waals surface area contributed by atoms with Crippen LogP contribution in [-0.4, -0.2) is 28.5 Å². The molecule has 0 bridgehead atoms. The molecule has 8 heteroatoms. The highest BCUT2D eigenvalue weighted by molar-refractivity contribution is 6.67. The molecule has 1 aromatic rings. The van der Waals surface area contributed by atoms with Crippen molar-refractivity contribution in [2.75, 3.05) is 6.67 Å². The van der Waals surface area contributed by atoms with Crippen LogP contribution < -0.4 is 0 Å². The Hall–Kier alpha value is -1.11. The maximum atomic E-state index is 12.5. The highest BCUT2D eigenvalue weighted by atomic mass is 35.5. The number of nitrogens with zero attached hydrogens (tertiary/aromatic N) is 2. The molecule has 0 spiro atoms. The van der Waals surface area contributed by atoms with Crippen LogP contribution in [-0.2, 0) is 5.41 Å². The fourth-order valence-electron chi connectivity index (χ4n) is 0.744. The summed E-state index contributed by atoms with van der Waals surface area (Å²) in [5, 5.41) is 1.99. The average Bonchev–Trinajstić information content (AvgIpc) is 2.65. The van der Waals surface area contributed by atoms with Crippen molar-refractivity contribution in [2.45, 2.75) is 18.8 Å². The molecule has 1 rings (SSSR count). The second-order valence-electron chi connectivity index (χ2n) is 3.05. The van der Waals surface area contributed by atoms with Crippen LogP contribution in [0.5, 0.6) is 0 Å². The van der Waals surface area contributed by atoms with Gasteiger partial charge in [0, 0.05) is 0 Å². The summed E-state index contributed by atoms with van der Waals surface area (Å²) in [7, 11) is 0. The van der Waals surface area contributed by atoms with E-state index < -0.39 is 35.5 Å². The molecular formula is C7H6ClF3N2O2. The van der Waals surface area contributed by atoms with E-state index in [0.717, 1.165) is 6.92 Å². The molecule has 0 fully saturated rings. The zero-order chi connectivity index (χ0) is 11.6. The number of carbonyl (C=O) groups is 1. The third kappa shape index (κ3) is 2.11. The van der Waals surface area contributed by atoms with Crippen molar-refractivity contribution >= 4 is 16.8 Å². The molecule has 1 heterocycles. The number of halogens is 4. The van der Waals surface area contributed by atoms with Gasteiger partial charge in [0.15, 0.2) is 0 Å². The lowest BCUT2D eigenvalue weighted by Gasteiger charge is -2.19. The van der Waals surface area contributed by atoms with Gasteiger partial charge in [-0.15, -0.1) is 0 Å². The van der Waals surface area contributed by atoms with Gasteiger partial charge in [-0.05, 0) is 18.5 Å². The summed E-state index contributed by atoms with van der Waals surface area (Å²) >= 11 is 4.98. The molecule has 0 aliphatic heterocycles. The van der Waals surface area contributed by atoms with Crippen LogP contribution in [0.4, 0.5) is 13.2 Å². The molecule has 0 aliphatic carbocycles. The van der Waals surface area contributed by atoms with Crippen LogP contribution in [0.25, 0.3) is 0 Å². The third-order valence-corrected chi connectivity index (χ3v) is 2.02. The zero-order valence-electron chi connectivity index (χ0n) is 7.51. The number of alkyl halides is 3. The number of carbonyl (C=O) groups excluding carboxylic acids is 1. The van der Waals surface area contributed by atoms with Gasteiger partial charge in [0.1, 0.15) is 12.1 Å². The highest BCUT2D eigenvalue weighted by Crippen LogP contribution is 2.30. The molecule has 0 saturated heterocycles. The molecule has 1 unspecified atom stereocenters. The Morgan fingerprint density at radius 3 is 2.60 bits per heavy atom. The number of hydrogen-bond donors (Lipinski definition) is 0. The summed E-state index contributed by atoms with van der Waals surface area (Å²) in [5.41, 5.74) is -2.21. The van der Waals surface area contributed by atoms with E-state index in [9.17, 15) is 18.0 Å². The maximum absolute atomic E-state index is 12.5. The zero-order valence-corrected chi connectivity index (χ0v) is 8.26. The molecule has 0 aliphatic rings. The quantitative estimate of drug-likeness (QED) is 0.757. The molecule has 0 aromatic carbocycles. The van der Waals surface area contributed by atoms with Crippen molar-refractivity contribution in [3.63, 3.8) is 0 Å². The molecule has 4 nitrogen and oxygen atoms in total. The fourth-order valence-corrected chi connectivity index (χ4v) is 0.821. The molecule has 0 saturated carbocycles. The van der Waals surface area contributed by atoms with Crippen molar-refractivity contribution in [2.24, 2.45) is 0 Å². The van der Waals surface area contributed by atoms with Gasteiger partial charge < -0.3 is 4.52 Å². The third-order valence-electron chi connectivity index (χ3n) is 1.85. The monoisotopic (exact) mass is 242 g/mol. The van der Waals surface area contributed by atoms with E-state index in [1.807, 2.05) is 0 Å². The van der Waals surface area contributed by atoms with E-state index in [2.05, 4.69) is 14.7 Å². The van der Waals surface area contributed by atoms with Gasteiger partial charge in [-0.1, -0.05) is 5.16 Å². The van der Waals surface area contributed by atoms with Gasteiger partial charge in [-0.25, -0.2) is 13.2 Å². The van der Waals surface area contributed by atoms with Gasteiger partial charge in [-0.3, -0.25) is 4.79 Å². The van der Waals surface area contributed by atoms with Gasteiger partial charge in [0.2, 0.25) is 5.89 Å². The average molecular weight is 243 g/mol. The van der Waals surface area contributed by atoms with Crippen molar-refractivity contribution in [3.05, 3.63) is 11.7 Å². The SMILES string of the molecule is CC(CF)(c1nc(C(=O)Cl)no1)C(F)F. The van der Waals surface area contributed by atoms with Gasteiger partial charge >= 0.3 is 0 Å². The summed E-state index contributed by atoms with van der Waals surface area (Å²) in [5.74, 6) is -1.21. The highest BCUT2D eigenvalue weighted by Gasteiger charge is 2.43. The van der Waals surface area contributed by atoms with Crippen molar-refractivity contribution in [1.82, 2.24) is 10.1 Å². The molecule has 0 N–H and O–H groups in total. The first kappa shape index (κ1) is 12.0. The summed E-state index contributed by atoms with van der Waals surface area (Å²) in [4.78, 5) is 13.8. The number of aromatic nitrogens is 2. The van der Waals surface area contributed by atoms with Crippen molar-refractivity contribution in [3.8, 4) is 0 Å². The molecular weight excluding hydrogens is 237 g/mol. The van der Waals surface area contributed by atoms with Crippen LogP contribution in [0.2, 0.25) is 0 Å². The van der Waals surface area contributed by atoms with E-state index in [4.69, 9.17) is 11.6 Å². The summed E-state index contributed by atoms with van der Waals surface area (Å²) in [6.07, 6.45) is -3.03. The Labute approximate surface area is 87.4 Å². The van der Waals surface area contributed by atoms with Crippen LogP contribution >= 0.6 is 11.6 Å². The van der Waals surface area contributed by atoms with E-state index in [1.54, 1.807) is 0 Å². The Morgan fingerprint density at radius 1 is 1.67 bits per heavy atom. The lowest BCUT2D eigenvalue weighted by molar-refractivity contribution is 0.0250. The molecule has 0 radical (unpaired) electrons. The standard InChI is InChI=1S/C7H6ClF3N2O2/c1-7(2-9,5(10)11)6-12-4(3(8)14)13-15-6/h5H,2H2,1H3. The number of rotatable bonds is 4. The second kappa shape index (κ2) is 4.18. The second-order valence-corrected chi connectivity index (χ2v) is 3.39. The Kier molecular flexibility index (Phi) is 3.33. The van der Waals surface area contributed by atoms with E-state index >= 15 is 0 Å². The lowest BCUT2D eigenvalue weighted by Crippen LogP contribution is -2.33. The minimum Gasteiger partial charge on any atom is -0.338 e. The van der Waals surface area contributed by atoms with Crippen LogP contribution in [0.3, 0.4) is 0 Å². The Balaban J connectivity index is 3.08. The first-order chi connectivity index (χ1) is 6.91. The number of hydrogen-bond acceptors (Lipinski definition) is 4. The topological polar surface area (TPSA) is 56.0 Å². The van der Waals surface area contributed by atoms with Gasteiger partial charge in [0.25, 0.3) is 17.5 Å². The maximum Gasteiger partial charge on any atom is 0.293 e. The van der Waals surface area contributed by atoms with Crippen molar-refractivity contribution < 1.29 is 22.5 Å². The first-order valence-electron chi connectivity index (χ1n) is 3.80. The molecule has 1 atom stereocenters. The summed E-state index contributed by atoms with van der Waals surface area (Å²) in [6.45, 7) is -0.476. The fraction of sp³-hybridized carbons (Fsp3) is 0.571. The predicted octanol–water partition coefficient (Wildman–Crippen LogP) is 1.94. The predicted molar refractivity (Wildman–Crippen MR) is 43.8 cm³/mol. The minimum atomic E-state index is -3.03. The molecule has 1 aromatic heterocycles. The van der Waals surface area contributed by atoms with Crippen molar-refractivity contribution in [1.29, 1.82) is 0 Å². The smallest absolute Gasteiger partial charge is 0.293 e. The molecule has 84 valence electrons. The van der Waals surface area contributed by atoms with E-state index in [1.165, 1.54) is 0 Å². The normalized spacial score (nSPS) is 15.3. The van der Waals surface area contributed by atoms with Gasteiger partial charge in [-0.2, -0.15) is 4.98 Å². The molecule has 0 amide bonds. The summed E-state index contributed by atoms with van der Waals surface area (Å²) in [6, 6.07) is 0. The Bertz CT molecular complexity index is 371. The van der Waals surface area contributed by atoms with Crippen LogP contribution in [0, 0.1) is 0 Å². The Morgan fingerprint density at radius 2 is 2.27 bits per heavy atom. The lowest BCUT2D eigenvalue weighted by atomic mass is 9.93. The van der Waals surface area contributed by atoms with Crippen LogP contribution in [0.1, 0.15) is 23.4 Å². The first-order valence-corrected chi connectivity index (χ1v) is 4.17. The van der Waals surface area contributed by atoms with E-state index in [0.29, 0.717) is 0 Å². The minimum absolute atomic E-state index is 0.563. The van der Waals surface area contributed by atoms with Gasteiger partial charge in [0.05, 0.1) is 0 Å². The molecule has 15 heavy (non-hydrogen) atoms. The van der Waals surface area contributed by atoms with E-state index in [-0.39, 0.29) is 0 Å². The van der Waals surface area contributed by atoms with Crippen LogP contribution in [0.15, 0.2) is 4.52 Å². The largest absolute Gasteiger partial charge is 0.338 e. The summed E-state index contributed by atoms with van der Waals surface area (Å²) < 4.78 is 41.8.